The maximum absolute atomic E-state index is 6.57. The topological polar surface area (TPSA) is 47.5 Å². The number of aromatic nitrogens is 2. The highest BCUT2D eigenvalue weighted by Crippen LogP contribution is 2.47. The van der Waals surface area contributed by atoms with Gasteiger partial charge in [0.1, 0.15) is 12.4 Å². The lowest BCUT2D eigenvalue weighted by Gasteiger charge is -2.38. The van der Waals surface area contributed by atoms with Crippen molar-refractivity contribution in [1.82, 2.24) is 14.9 Å². The normalized spacial score (nSPS) is 29.8. The molecule has 1 aromatic rings. The van der Waals surface area contributed by atoms with Crippen molar-refractivity contribution in [1.29, 1.82) is 0 Å². The van der Waals surface area contributed by atoms with Crippen LogP contribution in [0.15, 0.2) is 11.9 Å². The molecule has 1 saturated heterocycles. The fourth-order valence-electron chi connectivity index (χ4n) is 6.17. The summed E-state index contributed by atoms with van der Waals surface area (Å²) in [4.78, 5) is 11.9. The van der Waals surface area contributed by atoms with Gasteiger partial charge in [0, 0.05) is 25.6 Å². The third-order valence-corrected chi connectivity index (χ3v) is 7.64. The zero-order valence-electron chi connectivity index (χ0n) is 18.7. The maximum atomic E-state index is 6.57. The zero-order valence-corrected chi connectivity index (χ0v) is 18.7. The molecule has 0 N–H and O–H groups in total. The lowest BCUT2D eigenvalue weighted by Crippen LogP contribution is -2.46. The van der Waals surface area contributed by atoms with Crippen molar-refractivity contribution in [3.05, 3.63) is 23.2 Å². The summed E-state index contributed by atoms with van der Waals surface area (Å²) in [5.41, 5.74) is 5.60. The van der Waals surface area contributed by atoms with Crippen LogP contribution >= 0.6 is 0 Å². The number of hydrogen-bond acceptors (Lipinski definition) is 5. The molecule has 1 saturated carbocycles. The van der Waals surface area contributed by atoms with Gasteiger partial charge in [0.2, 0.25) is 5.88 Å². The number of nitrogens with zero attached hydrogens (tertiary/aromatic N) is 3. The first-order valence-electron chi connectivity index (χ1n) is 12.2. The van der Waals surface area contributed by atoms with E-state index >= 15 is 0 Å². The fraction of sp³-hybridized carbons (Fsp3) is 0.760. The number of ether oxygens (including phenoxy) is 2. The molecule has 0 aromatic carbocycles. The van der Waals surface area contributed by atoms with Crippen molar-refractivity contribution >= 4 is 5.57 Å². The van der Waals surface area contributed by atoms with Crippen molar-refractivity contribution in [2.75, 3.05) is 26.3 Å². The van der Waals surface area contributed by atoms with Crippen molar-refractivity contribution in [2.24, 2.45) is 11.8 Å². The Balaban J connectivity index is 1.25. The molecule has 1 aromatic heterocycles. The molecule has 3 aliphatic carbocycles. The van der Waals surface area contributed by atoms with Crippen molar-refractivity contribution in [2.45, 2.75) is 83.8 Å². The second kappa shape index (κ2) is 8.96. The van der Waals surface area contributed by atoms with Gasteiger partial charge in [-0.3, -0.25) is 4.90 Å². The van der Waals surface area contributed by atoms with Crippen LogP contribution in [0.4, 0.5) is 0 Å². The molecule has 5 rings (SSSR count). The predicted octanol–water partition coefficient (Wildman–Crippen LogP) is 4.65. The second-order valence-corrected chi connectivity index (χ2v) is 10.2. The van der Waals surface area contributed by atoms with E-state index in [0.717, 1.165) is 63.3 Å². The lowest BCUT2D eigenvalue weighted by molar-refractivity contribution is -0.00143. The van der Waals surface area contributed by atoms with Crippen molar-refractivity contribution in [3.8, 4) is 5.88 Å². The molecule has 1 aliphatic heterocycles. The summed E-state index contributed by atoms with van der Waals surface area (Å²) in [6.45, 7) is 8.64. The average molecular weight is 412 g/mol. The predicted molar refractivity (Wildman–Crippen MR) is 119 cm³/mol. The van der Waals surface area contributed by atoms with Crippen LogP contribution in [0.3, 0.4) is 0 Å². The van der Waals surface area contributed by atoms with Gasteiger partial charge >= 0.3 is 0 Å². The van der Waals surface area contributed by atoms with Crippen LogP contribution in [-0.4, -0.2) is 53.3 Å². The highest BCUT2D eigenvalue weighted by molar-refractivity contribution is 5.79. The van der Waals surface area contributed by atoms with Crippen LogP contribution in [-0.2, 0) is 11.2 Å². The molecule has 2 fully saturated rings. The molecular weight excluding hydrogens is 374 g/mol. The summed E-state index contributed by atoms with van der Waals surface area (Å²) in [5, 5.41) is 0. The van der Waals surface area contributed by atoms with E-state index in [0.29, 0.717) is 12.1 Å². The molecule has 0 radical (unpaired) electrons. The van der Waals surface area contributed by atoms with Gasteiger partial charge in [0.25, 0.3) is 0 Å². The van der Waals surface area contributed by atoms with Crippen LogP contribution in [0, 0.1) is 11.8 Å². The average Bonchev–Trinajstić information content (AvgIpc) is 3.13. The molecule has 0 bridgehead atoms. The van der Waals surface area contributed by atoms with E-state index in [1.165, 1.54) is 55.4 Å². The largest absolute Gasteiger partial charge is 0.474 e. The Kier molecular flexibility index (Phi) is 6.10. The summed E-state index contributed by atoms with van der Waals surface area (Å²) in [5.74, 6) is 2.43. The molecule has 2 heterocycles. The van der Waals surface area contributed by atoms with Crippen LogP contribution in [0.1, 0.15) is 76.5 Å². The van der Waals surface area contributed by atoms with Gasteiger partial charge in [-0.05, 0) is 68.8 Å². The molecule has 30 heavy (non-hydrogen) atoms. The minimum Gasteiger partial charge on any atom is -0.474 e. The third-order valence-electron chi connectivity index (χ3n) is 7.64. The first-order valence-corrected chi connectivity index (χ1v) is 12.2. The van der Waals surface area contributed by atoms with Crippen LogP contribution in [0.25, 0.3) is 5.57 Å². The van der Waals surface area contributed by atoms with Gasteiger partial charge in [-0.2, -0.15) is 0 Å². The Labute approximate surface area is 181 Å². The molecule has 5 nitrogen and oxygen atoms in total. The number of fused-ring (bicyclic) bond motifs is 2. The highest BCUT2D eigenvalue weighted by Gasteiger charge is 2.34. The van der Waals surface area contributed by atoms with Crippen molar-refractivity contribution in [3.63, 3.8) is 0 Å². The van der Waals surface area contributed by atoms with Gasteiger partial charge in [0.15, 0.2) is 0 Å². The molecular formula is C25H37N3O2. The lowest BCUT2D eigenvalue weighted by atomic mass is 9.80. The van der Waals surface area contributed by atoms with Gasteiger partial charge in [-0.15, -0.1) is 0 Å². The Morgan fingerprint density at radius 1 is 1.10 bits per heavy atom. The molecule has 1 atom stereocenters. The summed E-state index contributed by atoms with van der Waals surface area (Å²) in [6.07, 6.45) is 12.8. The molecule has 0 unspecified atom stereocenters. The van der Waals surface area contributed by atoms with Gasteiger partial charge < -0.3 is 9.47 Å². The summed E-state index contributed by atoms with van der Waals surface area (Å²) < 4.78 is 12.1. The van der Waals surface area contributed by atoms with E-state index in [1.54, 1.807) is 11.9 Å². The highest BCUT2D eigenvalue weighted by atomic mass is 16.5. The van der Waals surface area contributed by atoms with E-state index in [1.807, 2.05) is 0 Å². The number of hydrogen-bond donors (Lipinski definition) is 0. The maximum Gasteiger partial charge on any atom is 0.224 e. The van der Waals surface area contributed by atoms with Gasteiger partial charge in [0.05, 0.1) is 24.5 Å². The fourth-order valence-corrected chi connectivity index (χ4v) is 6.17. The molecule has 0 amide bonds. The van der Waals surface area contributed by atoms with Crippen LogP contribution in [0.2, 0.25) is 0 Å². The number of morpholine rings is 1. The second-order valence-electron chi connectivity index (χ2n) is 10.2. The van der Waals surface area contributed by atoms with Crippen LogP contribution in [0.5, 0.6) is 5.88 Å². The molecule has 5 heteroatoms. The zero-order chi connectivity index (χ0) is 20.5. The summed E-state index contributed by atoms with van der Waals surface area (Å²) >= 11 is 0. The monoisotopic (exact) mass is 411 g/mol. The van der Waals surface area contributed by atoms with E-state index in [-0.39, 0.29) is 0 Å². The van der Waals surface area contributed by atoms with E-state index in [2.05, 4.69) is 28.7 Å². The smallest absolute Gasteiger partial charge is 0.224 e. The summed E-state index contributed by atoms with van der Waals surface area (Å²) in [7, 11) is 0. The van der Waals surface area contributed by atoms with Gasteiger partial charge in [-0.1, -0.05) is 19.4 Å². The van der Waals surface area contributed by atoms with E-state index in [9.17, 15) is 0 Å². The molecule has 164 valence electrons. The van der Waals surface area contributed by atoms with Crippen molar-refractivity contribution < 1.29 is 9.47 Å². The Morgan fingerprint density at radius 3 is 2.67 bits per heavy atom. The minimum absolute atomic E-state index is 0.293. The summed E-state index contributed by atoms with van der Waals surface area (Å²) in [6, 6.07) is 0.703. The minimum atomic E-state index is 0.293. The number of rotatable bonds is 5. The molecule has 0 spiro atoms. The standard InChI is InChI=1S/C25H37N3O2/c1-17(2)13-18-3-4-19-15-23-24(22(19)14-18)25(27-16-26-23)30-21-7-5-20(6-8-21)28-9-11-29-12-10-28/h16-18,20-21H,3-15H2,1-2H3/t18-,20?,21?/m0/s1. The Morgan fingerprint density at radius 2 is 1.90 bits per heavy atom. The quantitative estimate of drug-likeness (QED) is 0.705. The van der Waals surface area contributed by atoms with Crippen LogP contribution < -0.4 is 4.74 Å². The van der Waals surface area contributed by atoms with E-state index < -0.39 is 0 Å². The first kappa shape index (κ1) is 20.4. The third kappa shape index (κ3) is 4.29. The SMILES string of the molecule is CC(C)C[C@@H]1CCC2=C(C1)c1c(ncnc1OC1CCC(N3CCOCC3)CC1)C2. The van der Waals surface area contributed by atoms with Gasteiger partial charge in [-0.25, -0.2) is 9.97 Å². The first-order chi connectivity index (χ1) is 14.7. The Hall–Kier alpha value is -1.46. The van der Waals surface area contributed by atoms with E-state index in [4.69, 9.17) is 9.47 Å². The number of allylic oxidation sites excluding steroid dienone is 2. The Bertz CT molecular complexity index is 777. The molecule has 4 aliphatic rings.